The minimum atomic E-state index is -0.191. The lowest BCUT2D eigenvalue weighted by molar-refractivity contribution is -0.142. The van der Waals surface area contributed by atoms with Gasteiger partial charge in [-0.25, -0.2) is 0 Å². The van der Waals surface area contributed by atoms with Gasteiger partial charge < -0.3 is 19.3 Å². The zero-order valence-electron chi connectivity index (χ0n) is 21.9. The molecule has 0 aliphatic carbocycles. The Labute approximate surface area is 240 Å². The van der Waals surface area contributed by atoms with E-state index >= 15 is 0 Å². The number of nitrogens with zero attached hydrogens (tertiary/aromatic N) is 2. The Morgan fingerprint density at radius 2 is 1.69 bits per heavy atom. The summed E-state index contributed by atoms with van der Waals surface area (Å²) in [5, 5.41) is 11.0. The van der Waals surface area contributed by atoms with Crippen LogP contribution in [0.2, 0.25) is 0 Å². The van der Waals surface area contributed by atoms with Crippen molar-refractivity contribution in [3.8, 4) is 33.4 Å². The van der Waals surface area contributed by atoms with Crippen LogP contribution in [0.5, 0.6) is 23.0 Å². The highest BCUT2D eigenvalue weighted by Crippen LogP contribution is 2.47. The molecular formula is C30H31BrN2O5S. The molecule has 4 aromatic rings. The van der Waals surface area contributed by atoms with Gasteiger partial charge in [0.25, 0.3) is 0 Å². The summed E-state index contributed by atoms with van der Waals surface area (Å²) in [4.78, 5) is 17.0. The third-order valence-electron chi connectivity index (χ3n) is 6.88. The molecule has 0 saturated carbocycles. The maximum absolute atomic E-state index is 11.5. The second-order valence-electron chi connectivity index (χ2n) is 9.57. The third-order valence-corrected chi connectivity index (χ3v) is 8.59. The van der Waals surface area contributed by atoms with Gasteiger partial charge in [0.1, 0.15) is 23.9 Å². The second-order valence-corrected chi connectivity index (χ2v) is 11.5. The van der Waals surface area contributed by atoms with E-state index in [1.165, 1.54) is 7.11 Å². The number of hydrogen-bond acceptors (Lipinski definition) is 8. The van der Waals surface area contributed by atoms with E-state index in [0.29, 0.717) is 18.9 Å². The molecule has 0 amide bonds. The van der Waals surface area contributed by atoms with E-state index in [-0.39, 0.29) is 17.8 Å². The first-order valence-electron chi connectivity index (χ1n) is 12.8. The lowest BCUT2D eigenvalue weighted by Gasteiger charge is -2.37. The number of carbonyl (C=O) groups is 1. The number of phenols is 1. The van der Waals surface area contributed by atoms with Gasteiger partial charge in [-0.1, -0.05) is 28.1 Å². The molecule has 5 rings (SSSR count). The Balaban J connectivity index is 1.22. The van der Waals surface area contributed by atoms with Crippen LogP contribution >= 0.6 is 27.3 Å². The summed E-state index contributed by atoms with van der Waals surface area (Å²) in [7, 11) is 1.43. The monoisotopic (exact) mass is 610 g/mol. The molecule has 7 nitrogen and oxygen atoms in total. The summed E-state index contributed by atoms with van der Waals surface area (Å²) in [5.74, 6) is 2.31. The highest BCUT2D eigenvalue weighted by atomic mass is 79.9. The SMILES string of the molecule is COC(=O)CN1CCN(C(C)COc2ccc(Oc3c(-c4ccc(Br)cc4)sc4cc(O)ccc34)cc2)CC1. The molecule has 1 aliphatic heterocycles. The van der Waals surface area contributed by atoms with Crippen LogP contribution in [-0.2, 0) is 9.53 Å². The largest absolute Gasteiger partial charge is 0.508 e. The molecule has 0 bridgehead atoms. The highest BCUT2D eigenvalue weighted by molar-refractivity contribution is 9.10. The number of phenolic OH excluding ortho intramolecular Hbond substituents is 1. The number of methoxy groups -OCH3 is 1. The number of esters is 1. The number of halogens is 1. The lowest BCUT2D eigenvalue weighted by atomic mass is 10.1. The van der Waals surface area contributed by atoms with Crippen LogP contribution in [0.3, 0.4) is 0 Å². The Hall–Kier alpha value is -3.11. The zero-order valence-corrected chi connectivity index (χ0v) is 24.3. The van der Waals surface area contributed by atoms with Gasteiger partial charge in [0.05, 0.1) is 18.5 Å². The van der Waals surface area contributed by atoms with E-state index in [9.17, 15) is 9.90 Å². The van der Waals surface area contributed by atoms with Crippen molar-refractivity contribution in [2.45, 2.75) is 13.0 Å². The molecule has 39 heavy (non-hydrogen) atoms. The number of benzene rings is 3. The molecule has 1 aliphatic rings. The van der Waals surface area contributed by atoms with E-state index in [4.69, 9.17) is 14.2 Å². The topological polar surface area (TPSA) is 71.5 Å². The molecule has 1 N–H and O–H groups in total. The predicted octanol–water partition coefficient (Wildman–Crippen LogP) is 6.39. The molecule has 1 fully saturated rings. The van der Waals surface area contributed by atoms with Gasteiger partial charge in [-0.05, 0) is 67.1 Å². The molecule has 1 saturated heterocycles. The van der Waals surface area contributed by atoms with Crippen molar-refractivity contribution < 1.29 is 24.1 Å². The van der Waals surface area contributed by atoms with E-state index in [1.54, 1.807) is 23.5 Å². The molecular weight excluding hydrogens is 580 g/mol. The Kier molecular flexibility index (Phi) is 8.72. The summed E-state index contributed by atoms with van der Waals surface area (Å²) in [6.45, 7) is 6.54. The van der Waals surface area contributed by atoms with Gasteiger partial charge in [-0.2, -0.15) is 0 Å². The van der Waals surface area contributed by atoms with Crippen molar-refractivity contribution in [3.63, 3.8) is 0 Å². The normalized spacial score (nSPS) is 15.3. The van der Waals surface area contributed by atoms with Crippen molar-refractivity contribution in [3.05, 3.63) is 71.2 Å². The van der Waals surface area contributed by atoms with Crippen molar-refractivity contribution in [2.24, 2.45) is 0 Å². The number of rotatable bonds is 9. The van der Waals surface area contributed by atoms with E-state index in [0.717, 1.165) is 62.7 Å². The predicted molar refractivity (Wildman–Crippen MR) is 158 cm³/mol. The fourth-order valence-electron chi connectivity index (χ4n) is 4.61. The first-order valence-corrected chi connectivity index (χ1v) is 14.5. The smallest absolute Gasteiger partial charge is 0.319 e. The van der Waals surface area contributed by atoms with Crippen molar-refractivity contribution >= 4 is 43.3 Å². The van der Waals surface area contributed by atoms with Crippen molar-refractivity contribution in [1.82, 2.24) is 9.80 Å². The van der Waals surface area contributed by atoms with Gasteiger partial charge >= 0.3 is 5.97 Å². The summed E-state index contributed by atoms with van der Waals surface area (Å²) in [5.41, 5.74) is 1.05. The summed E-state index contributed by atoms with van der Waals surface area (Å²) >= 11 is 5.10. The Morgan fingerprint density at radius 3 is 2.38 bits per heavy atom. The second kappa shape index (κ2) is 12.4. The van der Waals surface area contributed by atoms with Gasteiger partial charge in [0.15, 0.2) is 5.75 Å². The summed E-state index contributed by atoms with van der Waals surface area (Å²) in [6, 6.07) is 21.4. The first-order chi connectivity index (χ1) is 18.9. The van der Waals surface area contributed by atoms with Crippen LogP contribution in [0.25, 0.3) is 20.5 Å². The van der Waals surface area contributed by atoms with Crippen LogP contribution in [0, 0.1) is 0 Å². The standard InChI is InChI=1S/C30H31BrN2O5S/c1-20(33-15-13-32(14-16-33)18-28(35)36-2)19-37-24-8-10-25(11-9-24)38-29-26-12-7-23(34)17-27(26)39-30(29)21-3-5-22(31)6-4-21/h3-12,17,20,34H,13-16,18-19H2,1-2H3. The van der Waals surface area contributed by atoms with Crippen molar-refractivity contribution in [2.75, 3.05) is 46.4 Å². The number of ether oxygens (including phenoxy) is 3. The molecule has 0 spiro atoms. The molecule has 1 aromatic heterocycles. The average molecular weight is 612 g/mol. The fraction of sp³-hybridized carbons (Fsp3) is 0.300. The summed E-state index contributed by atoms with van der Waals surface area (Å²) < 4.78 is 19.3. The van der Waals surface area contributed by atoms with Crippen LogP contribution in [0.4, 0.5) is 0 Å². The van der Waals surface area contributed by atoms with Gasteiger partial charge in [0, 0.05) is 46.8 Å². The quantitative estimate of drug-likeness (QED) is 0.220. The molecule has 2 heterocycles. The minimum Gasteiger partial charge on any atom is -0.508 e. The maximum Gasteiger partial charge on any atom is 0.319 e. The van der Waals surface area contributed by atoms with E-state index in [2.05, 4.69) is 44.8 Å². The average Bonchev–Trinajstić information content (AvgIpc) is 3.30. The summed E-state index contributed by atoms with van der Waals surface area (Å²) in [6.07, 6.45) is 0. The zero-order chi connectivity index (χ0) is 27.4. The number of piperazine rings is 1. The molecule has 1 unspecified atom stereocenters. The van der Waals surface area contributed by atoms with Crippen LogP contribution < -0.4 is 9.47 Å². The molecule has 0 radical (unpaired) electrons. The fourth-order valence-corrected chi connectivity index (χ4v) is 6.04. The lowest BCUT2D eigenvalue weighted by Crippen LogP contribution is -2.52. The number of carbonyl (C=O) groups excluding carboxylic acids is 1. The maximum atomic E-state index is 11.5. The molecule has 9 heteroatoms. The molecule has 204 valence electrons. The van der Waals surface area contributed by atoms with Gasteiger partial charge in [-0.15, -0.1) is 11.3 Å². The van der Waals surface area contributed by atoms with E-state index in [1.807, 2.05) is 42.5 Å². The number of hydrogen-bond donors (Lipinski definition) is 1. The number of aromatic hydroxyl groups is 1. The van der Waals surface area contributed by atoms with Crippen molar-refractivity contribution in [1.29, 1.82) is 0 Å². The molecule has 1 atom stereocenters. The Bertz CT molecular complexity index is 1420. The van der Waals surface area contributed by atoms with Crippen LogP contribution in [-0.4, -0.2) is 73.4 Å². The van der Waals surface area contributed by atoms with Crippen LogP contribution in [0.1, 0.15) is 6.92 Å². The van der Waals surface area contributed by atoms with Gasteiger partial charge in [0.2, 0.25) is 0 Å². The first kappa shape index (κ1) is 27.5. The highest BCUT2D eigenvalue weighted by Gasteiger charge is 2.23. The number of thiophene rings is 1. The Morgan fingerprint density at radius 1 is 1.00 bits per heavy atom. The number of fused-ring (bicyclic) bond motifs is 1. The van der Waals surface area contributed by atoms with Gasteiger partial charge in [-0.3, -0.25) is 14.6 Å². The third kappa shape index (κ3) is 6.73. The minimum absolute atomic E-state index is 0.191. The van der Waals surface area contributed by atoms with Crippen LogP contribution in [0.15, 0.2) is 71.2 Å². The molecule has 3 aromatic carbocycles. The van der Waals surface area contributed by atoms with E-state index < -0.39 is 0 Å².